The minimum absolute atomic E-state index is 0.0397. The van der Waals surface area contributed by atoms with Gasteiger partial charge in [-0.25, -0.2) is 4.98 Å². The molecule has 26 heavy (non-hydrogen) atoms. The summed E-state index contributed by atoms with van der Waals surface area (Å²) in [6, 6.07) is 18.2. The van der Waals surface area contributed by atoms with Gasteiger partial charge < -0.3 is 9.30 Å². The molecule has 0 radical (unpaired) electrons. The van der Waals surface area contributed by atoms with E-state index in [2.05, 4.69) is 18.2 Å². The van der Waals surface area contributed by atoms with Gasteiger partial charge in [-0.05, 0) is 42.1 Å². The first kappa shape index (κ1) is 15.3. The van der Waals surface area contributed by atoms with Crippen LogP contribution >= 0.6 is 0 Å². The van der Waals surface area contributed by atoms with E-state index in [0.29, 0.717) is 19.8 Å². The van der Waals surface area contributed by atoms with E-state index in [1.54, 1.807) is 0 Å². The van der Waals surface area contributed by atoms with Crippen molar-refractivity contribution < 1.29 is 4.74 Å². The Morgan fingerprint density at radius 3 is 2.85 bits per heavy atom. The van der Waals surface area contributed by atoms with Crippen molar-refractivity contribution >= 4 is 21.7 Å². The molecule has 0 unspecified atom stereocenters. The molecule has 1 aliphatic rings. The Bertz CT molecular complexity index is 1220. The fourth-order valence-corrected chi connectivity index (χ4v) is 3.80. The fraction of sp³-hybridized carbons (Fsp3) is 0.182. The van der Waals surface area contributed by atoms with Gasteiger partial charge >= 0.3 is 0 Å². The van der Waals surface area contributed by atoms with E-state index in [1.165, 1.54) is 0 Å². The molecule has 2 aromatic heterocycles. The summed E-state index contributed by atoms with van der Waals surface area (Å²) in [5.41, 5.74) is 4.94. The van der Waals surface area contributed by atoms with E-state index in [4.69, 9.17) is 9.72 Å². The number of nitrogens with zero attached hydrogens (tertiary/aromatic N) is 2. The normalized spacial score (nSPS) is 12.5. The second-order valence-corrected chi connectivity index (χ2v) is 6.63. The Hall–Kier alpha value is -2.98. The number of benzene rings is 2. The van der Waals surface area contributed by atoms with E-state index in [9.17, 15) is 4.79 Å². The van der Waals surface area contributed by atoms with Crippen molar-refractivity contribution in [3.8, 4) is 11.4 Å². The minimum atomic E-state index is 0.0397. The van der Waals surface area contributed by atoms with Crippen LogP contribution in [0, 0.1) is 0 Å². The van der Waals surface area contributed by atoms with E-state index in [1.807, 2.05) is 47.9 Å². The second-order valence-electron chi connectivity index (χ2n) is 6.63. The highest BCUT2D eigenvalue weighted by Gasteiger charge is 2.23. The molecule has 0 saturated heterocycles. The van der Waals surface area contributed by atoms with Crippen molar-refractivity contribution in [3.05, 3.63) is 76.1 Å². The highest BCUT2D eigenvalue weighted by atomic mass is 16.5. The molecule has 4 heteroatoms. The summed E-state index contributed by atoms with van der Waals surface area (Å²) in [6.07, 6.45) is 0. The third kappa shape index (κ3) is 2.19. The first-order valence-corrected chi connectivity index (χ1v) is 8.88. The maximum Gasteiger partial charge on any atom is 0.259 e. The van der Waals surface area contributed by atoms with Gasteiger partial charge in [-0.1, -0.05) is 30.3 Å². The topological polar surface area (TPSA) is 44.1 Å². The molecule has 2 aromatic carbocycles. The van der Waals surface area contributed by atoms with Gasteiger partial charge in [0.25, 0.3) is 5.56 Å². The SMILES string of the molecule is CCOCc1cccc2c(=O)n3c(cc12)-c1nc2ccccc2cc1C3. The second kappa shape index (κ2) is 5.78. The van der Waals surface area contributed by atoms with Crippen LogP contribution in [-0.4, -0.2) is 16.2 Å². The van der Waals surface area contributed by atoms with Gasteiger partial charge in [-0.15, -0.1) is 0 Å². The summed E-state index contributed by atoms with van der Waals surface area (Å²) in [7, 11) is 0. The van der Waals surface area contributed by atoms with E-state index in [0.717, 1.165) is 44.2 Å². The lowest BCUT2D eigenvalue weighted by atomic mass is 10.0. The first-order chi connectivity index (χ1) is 12.8. The molecule has 0 saturated carbocycles. The highest BCUT2D eigenvalue weighted by Crippen LogP contribution is 2.33. The molecule has 0 N–H and O–H groups in total. The Labute approximate surface area is 150 Å². The van der Waals surface area contributed by atoms with Gasteiger partial charge in [0.15, 0.2) is 0 Å². The maximum atomic E-state index is 13.1. The molecular weight excluding hydrogens is 324 g/mol. The molecule has 0 aliphatic carbocycles. The van der Waals surface area contributed by atoms with E-state index in [-0.39, 0.29) is 5.56 Å². The Morgan fingerprint density at radius 1 is 1.08 bits per heavy atom. The number of pyridine rings is 2. The van der Waals surface area contributed by atoms with Crippen molar-refractivity contribution in [1.82, 2.24) is 9.55 Å². The molecule has 4 nitrogen and oxygen atoms in total. The predicted octanol–water partition coefficient (Wildman–Crippen LogP) is 4.11. The van der Waals surface area contributed by atoms with Crippen molar-refractivity contribution in [2.45, 2.75) is 20.1 Å². The van der Waals surface area contributed by atoms with Gasteiger partial charge in [0, 0.05) is 22.9 Å². The standard InChI is InChI=1S/C22H18N2O2/c1-2-26-13-15-7-5-8-17-18(15)11-20-21-16(12-24(20)22(17)25)10-14-6-3-4-9-19(14)23-21/h3-11H,2,12-13H2,1H3. The van der Waals surface area contributed by atoms with Crippen LogP contribution in [0.3, 0.4) is 0 Å². The quantitative estimate of drug-likeness (QED) is 0.495. The molecular formula is C22H18N2O2. The van der Waals surface area contributed by atoms with Gasteiger partial charge in [-0.3, -0.25) is 4.79 Å². The lowest BCUT2D eigenvalue weighted by Crippen LogP contribution is -2.19. The largest absolute Gasteiger partial charge is 0.377 e. The zero-order valence-electron chi connectivity index (χ0n) is 14.5. The van der Waals surface area contributed by atoms with Gasteiger partial charge in [0.05, 0.1) is 30.1 Å². The number of fused-ring (bicyclic) bond motifs is 5. The van der Waals surface area contributed by atoms with Crippen molar-refractivity contribution in [2.75, 3.05) is 6.61 Å². The number of rotatable bonds is 3. The molecule has 0 spiro atoms. The number of para-hydroxylation sites is 1. The molecule has 0 atom stereocenters. The lowest BCUT2D eigenvalue weighted by Gasteiger charge is -2.10. The van der Waals surface area contributed by atoms with Crippen LogP contribution in [0.25, 0.3) is 33.1 Å². The monoisotopic (exact) mass is 342 g/mol. The van der Waals surface area contributed by atoms with Crippen LogP contribution in [0.15, 0.2) is 59.4 Å². The number of hydrogen-bond acceptors (Lipinski definition) is 3. The summed E-state index contributed by atoms with van der Waals surface area (Å²) >= 11 is 0. The Balaban J connectivity index is 1.79. The van der Waals surface area contributed by atoms with Crippen LogP contribution < -0.4 is 5.56 Å². The fourth-order valence-electron chi connectivity index (χ4n) is 3.80. The number of ether oxygens (including phenoxy) is 1. The highest BCUT2D eigenvalue weighted by molar-refractivity contribution is 5.90. The summed E-state index contributed by atoms with van der Waals surface area (Å²) in [6.45, 7) is 3.71. The number of aromatic nitrogens is 2. The lowest BCUT2D eigenvalue weighted by molar-refractivity contribution is 0.135. The predicted molar refractivity (Wildman–Crippen MR) is 103 cm³/mol. The van der Waals surface area contributed by atoms with Crippen LogP contribution in [0.1, 0.15) is 18.1 Å². The Morgan fingerprint density at radius 2 is 1.96 bits per heavy atom. The molecule has 128 valence electrons. The van der Waals surface area contributed by atoms with Crippen LogP contribution in [0.4, 0.5) is 0 Å². The molecule has 5 rings (SSSR count). The van der Waals surface area contributed by atoms with Crippen molar-refractivity contribution in [3.63, 3.8) is 0 Å². The molecule has 4 aromatic rings. The van der Waals surface area contributed by atoms with Crippen LogP contribution in [0.5, 0.6) is 0 Å². The summed E-state index contributed by atoms with van der Waals surface area (Å²) < 4.78 is 7.43. The van der Waals surface area contributed by atoms with Gasteiger partial charge in [-0.2, -0.15) is 0 Å². The zero-order valence-corrected chi connectivity index (χ0v) is 14.5. The molecule has 0 amide bonds. The first-order valence-electron chi connectivity index (χ1n) is 8.88. The van der Waals surface area contributed by atoms with E-state index < -0.39 is 0 Å². The maximum absolute atomic E-state index is 13.1. The third-order valence-electron chi connectivity index (χ3n) is 5.08. The van der Waals surface area contributed by atoms with Gasteiger partial charge in [0.2, 0.25) is 0 Å². The summed E-state index contributed by atoms with van der Waals surface area (Å²) in [5.74, 6) is 0. The average Bonchev–Trinajstić information content (AvgIpc) is 3.03. The molecule has 0 fully saturated rings. The summed E-state index contributed by atoms with van der Waals surface area (Å²) in [4.78, 5) is 17.9. The van der Waals surface area contributed by atoms with Crippen LogP contribution in [-0.2, 0) is 17.9 Å². The average molecular weight is 342 g/mol. The smallest absolute Gasteiger partial charge is 0.259 e. The van der Waals surface area contributed by atoms with Crippen molar-refractivity contribution in [2.24, 2.45) is 0 Å². The summed E-state index contributed by atoms with van der Waals surface area (Å²) in [5, 5.41) is 2.80. The third-order valence-corrected chi connectivity index (χ3v) is 5.08. The van der Waals surface area contributed by atoms with Crippen molar-refractivity contribution in [1.29, 1.82) is 0 Å². The molecule has 1 aliphatic heterocycles. The minimum Gasteiger partial charge on any atom is -0.377 e. The van der Waals surface area contributed by atoms with Gasteiger partial charge in [0.1, 0.15) is 0 Å². The molecule has 0 bridgehead atoms. The van der Waals surface area contributed by atoms with Crippen LogP contribution in [0.2, 0.25) is 0 Å². The zero-order chi connectivity index (χ0) is 17.7. The number of hydrogen-bond donors (Lipinski definition) is 0. The Kier molecular flexibility index (Phi) is 3.40. The molecule has 3 heterocycles. The van der Waals surface area contributed by atoms with E-state index >= 15 is 0 Å².